The number of thioether (sulfide) groups is 1. The third kappa shape index (κ3) is 2.47. The molecule has 3 aromatic heterocycles. The van der Waals surface area contributed by atoms with Crippen molar-refractivity contribution in [2.45, 2.75) is 29.8 Å². The van der Waals surface area contributed by atoms with E-state index in [4.69, 9.17) is 11.6 Å². The lowest BCUT2D eigenvalue weighted by Crippen LogP contribution is -2.16. The number of H-pyrrole nitrogens is 1. The zero-order chi connectivity index (χ0) is 14.4. The molecule has 1 fully saturated rings. The van der Waals surface area contributed by atoms with Crippen LogP contribution in [0.4, 0.5) is 0 Å². The fraction of sp³-hybridized carbons (Fsp3) is 0.308. The molecule has 3 aromatic rings. The summed E-state index contributed by atoms with van der Waals surface area (Å²) in [6.45, 7) is 0. The summed E-state index contributed by atoms with van der Waals surface area (Å²) in [6, 6.07) is 4.02. The van der Waals surface area contributed by atoms with Crippen LogP contribution in [0, 0.1) is 0 Å². The van der Waals surface area contributed by atoms with E-state index >= 15 is 0 Å². The van der Waals surface area contributed by atoms with Crippen molar-refractivity contribution < 1.29 is 0 Å². The highest BCUT2D eigenvalue weighted by atomic mass is 35.5. The van der Waals surface area contributed by atoms with Crippen LogP contribution < -0.4 is 5.69 Å². The van der Waals surface area contributed by atoms with Crippen LogP contribution in [0.1, 0.15) is 24.6 Å². The van der Waals surface area contributed by atoms with Crippen molar-refractivity contribution in [3.8, 4) is 0 Å². The lowest BCUT2D eigenvalue weighted by molar-refractivity contribution is 0.642. The molecule has 0 unspecified atom stereocenters. The number of aromatic amines is 1. The van der Waals surface area contributed by atoms with Crippen LogP contribution in [0.15, 0.2) is 34.5 Å². The molecule has 0 aromatic carbocycles. The Kier molecular flexibility index (Phi) is 3.04. The largest absolute Gasteiger partial charge is 0.344 e. The van der Waals surface area contributed by atoms with E-state index in [0.29, 0.717) is 16.8 Å². The zero-order valence-corrected chi connectivity index (χ0v) is 12.6. The van der Waals surface area contributed by atoms with Crippen LogP contribution >= 0.6 is 23.4 Å². The zero-order valence-electron chi connectivity index (χ0n) is 11.0. The van der Waals surface area contributed by atoms with Crippen molar-refractivity contribution in [3.63, 3.8) is 0 Å². The predicted molar refractivity (Wildman–Crippen MR) is 80.9 cm³/mol. The maximum Gasteiger partial charge on any atom is 0.344 e. The lowest BCUT2D eigenvalue weighted by Gasteiger charge is -2.01. The summed E-state index contributed by atoms with van der Waals surface area (Å²) in [7, 11) is 0. The normalized spacial score (nSPS) is 14.9. The molecule has 0 bridgehead atoms. The average Bonchev–Trinajstić information content (AvgIpc) is 3.10. The van der Waals surface area contributed by atoms with Gasteiger partial charge in [0, 0.05) is 24.2 Å². The molecule has 1 saturated carbocycles. The molecule has 1 N–H and O–H groups in total. The van der Waals surface area contributed by atoms with Crippen molar-refractivity contribution in [1.29, 1.82) is 0 Å². The summed E-state index contributed by atoms with van der Waals surface area (Å²) in [5, 5.41) is 8.02. The van der Waals surface area contributed by atoms with Crippen LogP contribution in [-0.4, -0.2) is 24.1 Å². The third-order valence-corrected chi connectivity index (χ3v) is 4.61. The van der Waals surface area contributed by atoms with Gasteiger partial charge in [-0.05, 0) is 25.0 Å². The summed E-state index contributed by atoms with van der Waals surface area (Å²) < 4.78 is 3.65. The first-order valence-corrected chi connectivity index (χ1v) is 8.00. The number of aromatic nitrogens is 5. The Labute approximate surface area is 129 Å². The van der Waals surface area contributed by atoms with Gasteiger partial charge in [0.05, 0.1) is 10.7 Å². The number of hydrogen-bond acceptors (Lipinski definition) is 4. The number of halogens is 1. The highest BCUT2D eigenvalue weighted by molar-refractivity contribution is 7.98. The fourth-order valence-electron chi connectivity index (χ4n) is 2.27. The second kappa shape index (κ2) is 4.92. The Morgan fingerprint density at radius 2 is 2.24 bits per heavy atom. The van der Waals surface area contributed by atoms with Gasteiger partial charge in [-0.3, -0.25) is 4.57 Å². The molecule has 0 atom stereocenters. The third-order valence-electron chi connectivity index (χ3n) is 3.40. The summed E-state index contributed by atoms with van der Waals surface area (Å²) in [6.07, 6.45) is 5.88. The smallest absolute Gasteiger partial charge is 0.305 e. The molecular formula is C13H12ClN5OS. The number of pyridine rings is 1. The van der Waals surface area contributed by atoms with Gasteiger partial charge >= 0.3 is 5.69 Å². The Morgan fingerprint density at radius 3 is 3.05 bits per heavy atom. The molecule has 0 aliphatic heterocycles. The maximum absolute atomic E-state index is 11.7. The molecule has 0 saturated heterocycles. The van der Waals surface area contributed by atoms with E-state index in [2.05, 4.69) is 15.2 Å². The van der Waals surface area contributed by atoms with E-state index in [1.54, 1.807) is 4.57 Å². The minimum atomic E-state index is -0.123. The standard InChI is InChI=1S/C13H12ClN5OS/c14-8-1-4-11-15-9(6-18(11)5-8)7-21-13-17-16-12(20)19(13)10-2-3-10/h1,4-6,10H,2-3,7H2,(H,16,20). The Hall–Kier alpha value is -1.73. The molecule has 0 spiro atoms. The molecular weight excluding hydrogens is 310 g/mol. The number of rotatable bonds is 4. The number of fused-ring (bicyclic) bond motifs is 1. The molecule has 0 radical (unpaired) electrons. The molecule has 8 heteroatoms. The van der Waals surface area contributed by atoms with Gasteiger partial charge in [0.1, 0.15) is 5.65 Å². The Morgan fingerprint density at radius 1 is 1.38 bits per heavy atom. The summed E-state index contributed by atoms with van der Waals surface area (Å²) in [5.74, 6) is 0.663. The second-order valence-corrected chi connectivity index (χ2v) is 6.43. The lowest BCUT2D eigenvalue weighted by atomic mass is 10.5. The maximum atomic E-state index is 11.7. The first kappa shape index (κ1) is 13.0. The molecule has 1 aliphatic rings. The number of hydrogen-bond donors (Lipinski definition) is 1. The van der Waals surface area contributed by atoms with E-state index in [9.17, 15) is 4.79 Å². The van der Waals surface area contributed by atoms with Crippen molar-refractivity contribution >= 4 is 29.0 Å². The van der Waals surface area contributed by atoms with Crippen molar-refractivity contribution in [2.75, 3.05) is 0 Å². The van der Waals surface area contributed by atoms with Gasteiger partial charge in [0.2, 0.25) is 0 Å². The second-order valence-electron chi connectivity index (χ2n) is 5.05. The molecule has 6 nitrogen and oxygen atoms in total. The van der Waals surface area contributed by atoms with Gasteiger partial charge in [-0.15, -0.1) is 5.10 Å². The van der Waals surface area contributed by atoms with Crippen molar-refractivity contribution in [2.24, 2.45) is 0 Å². The van der Waals surface area contributed by atoms with Crippen molar-refractivity contribution in [1.82, 2.24) is 24.1 Å². The minimum absolute atomic E-state index is 0.123. The van der Waals surface area contributed by atoms with E-state index in [1.165, 1.54) is 11.8 Å². The van der Waals surface area contributed by atoms with Gasteiger partial charge < -0.3 is 4.40 Å². The molecule has 1 aliphatic carbocycles. The highest BCUT2D eigenvalue weighted by Crippen LogP contribution is 2.36. The summed E-state index contributed by atoms with van der Waals surface area (Å²) in [5.41, 5.74) is 1.67. The van der Waals surface area contributed by atoms with Gasteiger partial charge in [-0.25, -0.2) is 14.9 Å². The van der Waals surface area contributed by atoms with Crippen LogP contribution in [-0.2, 0) is 5.75 Å². The molecule has 108 valence electrons. The van der Waals surface area contributed by atoms with Crippen molar-refractivity contribution in [3.05, 3.63) is 45.7 Å². The first-order valence-electron chi connectivity index (χ1n) is 6.63. The van der Waals surface area contributed by atoms with Crippen LogP contribution in [0.3, 0.4) is 0 Å². The summed E-state index contributed by atoms with van der Waals surface area (Å²) >= 11 is 7.48. The van der Waals surface area contributed by atoms with Crippen LogP contribution in [0.5, 0.6) is 0 Å². The topological polar surface area (TPSA) is 68.0 Å². The van der Waals surface area contributed by atoms with Crippen LogP contribution in [0.25, 0.3) is 5.65 Å². The van der Waals surface area contributed by atoms with Gasteiger partial charge in [-0.1, -0.05) is 23.4 Å². The minimum Gasteiger partial charge on any atom is -0.305 e. The number of nitrogens with zero attached hydrogens (tertiary/aromatic N) is 4. The monoisotopic (exact) mass is 321 g/mol. The Bertz CT molecular complexity index is 863. The highest BCUT2D eigenvalue weighted by Gasteiger charge is 2.28. The number of imidazole rings is 1. The van der Waals surface area contributed by atoms with Crippen LogP contribution in [0.2, 0.25) is 5.02 Å². The quantitative estimate of drug-likeness (QED) is 0.750. The van der Waals surface area contributed by atoms with E-state index in [-0.39, 0.29) is 5.69 Å². The first-order chi connectivity index (χ1) is 10.2. The number of nitrogens with one attached hydrogen (secondary N) is 1. The fourth-order valence-corrected chi connectivity index (χ4v) is 3.34. The van der Waals surface area contributed by atoms with E-state index < -0.39 is 0 Å². The molecule has 0 amide bonds. The van der Waals surface area contributed by atoms with E-state index in [1.807, 2.05) is 28.9 Å². The van der Waals surface area contributed by atoms with Gasteiger partial charge in [-0.2, -0.15) is 0 Å². The molecule has 4 rings (SSSR count). The molecule has 3 heterocycles. The average molecular weight is 322 g/mol. The SMILES string of the molecule is O=c1[nH]nc(SCc2cn3cc(Cl)ccc3n2)n1C1CC1. The van der Waals surface area contributed by atoms with E-state index in [0.717, 1.165) is 29.3 Å². The molecule has 21 heavy (non-hydrogen) atoms. The summed E-state index contributed by atoms with van der Waals surface area (Å²) in [4.78, 5) is 16.2. The van der Waals surface area contributed by atoms with Gasteiger partial charge in [0.25, 0.3) is 0 Å². The Balaban J connectivity index is 1.57. The predicted octanol–water partition coefficient (Wildman–Crippen LogP) is 2.50. The van der Waals surface area contributed by atoms with Gasteiger partial charge in [0.15, 0.2) is 5.16 Å².